The number of hydrogen-bond donors (Lipinski definition) is 1. The first-order valence-corrected chi connectivity index (χ1v) is 7.89. The molecule has 9 nitrogen and oxygen atoms in total. The van der Waals surface area contributed by atoms with E-state index in [4.69, 9.17) is 16.3 Å². The van der Waals surface area contributed by atoms with E-state index < -0.39 is 40.9 Å². The van der Waals surface area contributed by atoms with Crippen molar-refractivity contribution in [3.05, 3.63) is 68.5 Å². The van der Waals surface area contributed by atoms with Gasteiger partial charge in [-0.25, -0.2) is 14.0 Å². The van der Waals surface area contributed by atoms with Crippen LogP contribution in [0.3, 0.4) is 0 Å². The summed E-state index contributed by atoms with van der Waals surface area (Å²) < 4.78 is 22.2. The summed E-state index contributed by atoms with van der Waals surface area (Å²) in [4.78, 5) is 45.7. The van der Waals surface area contributed by atoms with Gasteiger partial charge in [0.15, 0.2) is 6.61 Å². The second-order valence-corrected chi connectivity index (χ2v) is 5.67. The molecule has 0 atom stereocenters. The molecule has 0 heterocycles. The Morgan fingerprint density at radius 3 is 2.36 bits per heavy atom. The average Bonchev–Trinajstić information content (AvgIpc) is 2.67. The van der Waals surface area contributed by atoms with E-state index in [-0.39, 0.29) is 21.8 Å². The van der Waals surface area contributed by atoms with Gasteiger partial charge in [-0.3, -0.25) is 14.9 Å². The Labute approximate surface area is 162 Å². The molecule has 0 saturated carbocycles. The van der Waals surface area contributed by atoms with Crippen molar-refractivity contribution in [2.45, 2.75) is 0 Å². The van der Waals surface area contributed by atoms with E-state index in [1.165, 1.54) is 6.07 Å². The van der Waals surface area contributed by atoms with Crippen LogP contribution in [0.25, 0.3) is 0 Å². The van der Waals surface area contributed by atoms with Crippen molar-refractivity contribution in [2.75, 3.05) is 19.0 Å². The van der Waals surface area contributed by atoms with E-state index in [0.29, 0.717) is 0 Å². The van der Waals surface area contributed by atoms with Crippen LogP contribution in [0.2, 0.25) is 5.02 Å². The molecule has 2 aromatic rings. The molecule has 2 rings (SSSR count). The highest BCUT2D eigenvalue weighted by Crippen LogP contribution is 2.22. The highest BCUT2D eigenvalue weighted by molar-refractivity contribution is 6.33. The smallest absolute Gasteiger partial charge is 0.338 e. The number of amides is 1. The number of nitrogens with one attached hydrogen (secondary N) is 1. The lowest BCUT2D eigenvalue weighted by atomic mass is 10.1. The summed E-state index contributed by atoms with van der Waals surface area (Å²) >= 11 is 5.77. The number of rotatable bonds is 6. The van der Waals surface area contributed by atoms with Crippen LogP contribution in [0.15, 0.2) is 36.4 Å². The molecule has 0 bridgehead atoms. The number of methoxy groups -OCH3 is 1. The summed E-state index contributed by atoms with van der Waals surface area (Å²) in [5.41, 5.74) is -0.974. The van der Waals surface area contributed by atoms with Crippen LogP contribution in [0, 0.1) is 15.9 Å². The zero-order valence-electron chi connectivity index (χ0n) is 14.2. The molecule has 0 aliphatic carbocycles. The summed E-state index contributed by atoms with van der Waals surface area (Å²) in [5.74, 6) is -3.34. The van der Waals surface area contributed by atoms with Crippen molar-refractivity contribution in [1.29, 1.82) is 0 Å². The van der Waals surface area contributed by atoms with Crippen LogP contribution in [0.5, 0.6) is 0 Å². The van der Waals surface area contributed by atoms with E-state index in [0.717, 1.165) is 37.4 Å². The van der Waals surface area contributed by atoms with Crippen LogP contribution in [-0.4, -0.2) is 36.5 Å². The number of carbonyl (C=O) groups excluding carboxylic acids is 3. The molecule has 0 radical (unpaired) electrons. The van der Waals surface area contributed by atoms with Gasteiger partial charge < -0.3 is 14.8 Å². The summed E-state index contributed by atoms with van der Waals surface area (Å²) in [6.45, 7) is -0.747. The number of hydrogen-bond acceptors (Lipinski definition) is 7. The van der Waals surface area contributed by atoms with Gasteiger partial charge in [0.05, 0.1) is 33.9 Å². The Morgan fingerprint density at radius 2 is 1.79 bits per heavy atom. The van der Waals surface area contributed by atoms with Gasteiger partial charge >= 0.3 is 11.9 Å². The fourth-order valence-electron chi connectivity index (χ4n) is 2.06. The highest BCUT2D eigenvalue weighted by Gasteiger charge is 2.20. The van der Waals surface area contributed by atoms with E-state index in [2.05, 4.69) is 10.1 Å². The summed E-state index contributed by atoms with van der Waals surface area (Å²) in [7, 11) is 1.07. The van der Waals surface area contributed by atoms with Crippen molar-refractivity contribution in [3.8, 4) is 0 Å². The molecule has 0 aliphatic heterocycles. The Morgan fingerprint density at radius 1 is 1.14 bits per heavy atom. The van der Waals surface area contributed by atoms with E-state index in [9.17, 15) is 28.9 Å². The second-order valence-electron chi connectivity index (χ2n) is 5.27. The van der Waals surface area contributed by atoms with Gasteiger partial charge in [-0.2, -0.15) is 0 Å². The standard InChI is InChI=1S/C17H12ClFN2O7/c1-27-16(23)9-4-10(6-12(5-9)21(25)26)17(24)28-8-15(22)20-14-3-2-11(19)7-13(14)18/h2-7H,8H2,1H3,(H,20,22). The molecule has 0 aromatic heterocycles. The van der Waals surface area contributed by atoms with Crippen LogP contribution in [-0.2, 0) is 14.3 Å². The lowest BCUT2D eigenvalue weighted by Crippen LogP contribution is -2.21. The third kappa shape index (κ3) is 5.24. The number of nitro benzene ring substituents is 1. The van der Waals surface area contributed by atoms with Crippen molar-refractivity contribution in [1.82, 2.24) is 0 Å². The van der Waals surface area contributed by atoms with Gasteiger partial charge in [0, 0.05) is 12.1 Å². The number of non-ortho nitro benzene ring substituents is 1. The molecule has 28 heavy (non-hydrogen) atoms. The third-order valence-electron chi connectivity index (χ3n) is 3.32. The quantitative estimate of drug-likeness (QED) is 0.441. The molecule has 0 unspecified atom stereocenters. The van der Waals surface area contributed by atoms with Gasteiger partial charge in [0.1, 0.15) is 5.82 Å². The Bertz CT molecular complexity index is 965. The van der Waals surface area contributed by atoms with Crippen molar-refractivity contribution in [3.63, 3.8) is 0 Å². The average molecular weight is 411 g/mol. The first-order valence-electron chi connectivity index (χ1n) is 7.51. The molecule has 2 aromatic carbocycles. The van der Waals surface area contributed by atoms with Crippen LogP contribution < -0.4 is 5.32 Å². The van der Waals surface area contributed by atoms with Gasteiger partial charge in [-0.15, -0.1) is 0 Å². The number of esters is 2. The minimum atomic E-state index is -1.07. The predicted molar refractivity (Wildman–Crippen MR) is 94.8 cm³/mol. The topological polar surface area (TPSA) is 125 Å². The molecule has 146 valence electrons. The molecule has 0 fully saturated rings. The normalized spacial score (nSPS) is 10.1. The van der Waals surface area contributed by atoms with Crippen molar-refractivity contribution >= 4 is 40.8 Å². The van der Waals surface area contributed by atoms with E-state index in [1.807, 2.05) is 0 Å². The molecule has 1 N–H and O–H groups in total. The number of ether oxygens (including phenoxy) is 2. The van der Waals surface area contributed by atoms with Crippen molar-refractivity contribution < 1.29 is 33.2 Å². The number of carbonyl (C=O) groups is 3. The number of nitrogens with zero attached hydrogens (tertiary/aromatic N) is 1. The maximum atomic E-state index is 13.0. The minimum absolute atomic E-state index is 0.0546. The zero-order chi connectivity index (χ0) is 20.8. The minimum Gasteiger partial charge on any atom is -0.465 e. The zero-order valence-corrected chi connectivity index (χ0v) is 15.0. The lowest BCUT2D eigenvalue weighted by molar-refractivity contribution is -0.384. The van der Waals surface area contributed by atoms with Gasteiger partial charge in [0.25, 0.3) is 11.6 Å². The molecule has 0 spiro atoms. The largest absolute Gasteiger partial charge is 0.465 e. The number of anilines is 1. The van der Waals surface area contributed by atoms with Crippen LogP contribution >= 0.6 is 11.6 Å². The Balaban J connectivity index is 2.09. The Hall–Kier alpha value is -3.53. The predicted octanol–water partition coefficient (Wildman–Crippen LogP) is 2.97. The maximum Gasteiger partial charge on any atom is 0.338 e. The fraction of sp³-hybridized carbons (Fsp3) is 0.118. The van der Waals surface area contributed by atoms with Crippen LogP contribution in [0.1, 0.15) is 20.7 Å². The van der Waals surface area contributed by atoms with Crippen molar-refractivity contribution in [2.24, 2.45) is 0 Å². The van der Waals surface area contributed by atoms with Gasteiger partial charge in [0.2, 0.25) is 0 Å². The van der Waals surface area contributed by atoms with Crippen LogP contribution in [0.4, 0.5) is 15.8 Å². The van der Waals surface area contributed by atoms with Gasteiger partial charge in [-0.05, 0) is 24.3 Å². The Kier molecular flexibility index (Phi) is 6.61. The number of nitro groups is 1. The highest BCUT2D eigenvalue weighted by atomic mass is 35.5. The van der Waals surface area contributed by atoms with Gasteiger partial charge in [-0.1, -0.05) is 11.6 Å². The molecular weight excluding hydrogens is 399 g/mol. The first-order chi connectivity index (χ1) is 13.2. The summed E-state index contributed by atoms with van der Waals surface area (Å²) in [5, 5.41) is 13.2. The van der Waals surface area contributed by atoms with E-state index >= 15 is 0 Å². The van der Waals surface area contributed by atoms with E-state index in [1.54, 1.807) is 0 Å². The molecule has 11 heteroatoms. The summed E-state index contributed by atoms with van der Waals surface area (Å²) in [6, 6.07) is 6.15. The summed E-state index contributed by atoms with van der Waals surface area (Å²) in [6.07, 6.45) is 0. The maximum absolute atomic E-state index is 13.0. The fourth-order valence-corrected chi connectivity index (χ4v) is 2.28. The second kappa shape index (κ2) is 8.91. The SMILES string of the molecule is COC(=O)c1cc(C(=O)OCC(=O)Nc2ccc(F)cc2Cl)cc([N+](=O)[O-])c1. The third-order valence-corrected chi connectivity index (χ3v) is 3.64. The number of halogens is 2. The molecule has 0 saturated heterocycles. The number of benzene rings is 2. The lowest BCUT2D eigenvalue weighted by Gasteiger charge is -2.09. The first kappa shape index (κ1) is 20.8. The molecule has 1 amide bonds. The molecular formula is C17H12ClFN2O7. The molecule has 0 aliphatic rings. The monoisotopic (exact) mass is 410 g/mol.